The molecule has 0 amide bonds. The van der Waals surface area contributed by atoms with Crippen LogP contribution in [0.3, 0.4) is 0 Å². The molecule has 0 unspecified atom stereocenters. The Hall–Kier alpha value is -1.06. The van der Waals surface area contributed by atoms with Gasteiger partial charge in [-0.15, -0.1) is 0 Å². The van der Waals surface area contributed by atoms with Crippen LogP contribution in [0.25, 0.3) is 0 Å². The summed E-state index contributed by atoms with van der Waals surface area (Å²) < 4.78 is 5.37. The van der Waals surface area contributed by atoms with Gasteiger partial charge in [0.25, 0.3) is 0 Å². The van der Waals surface area contributed by atoms with Crippen molar-refractivity contribution in [1.82, 2.24) is 4.90 Å². The molecule has 0 aliphatic rings. The summed E-state index contributed by atoms with van der Waals surface area (Å²) in [7, 11) is 1.70. The Morgan fingerprint density at radius 3 is 2.65 bits per heavy atom. The minimum atomic E-state index is 0.203. The normalized spacial score (nSPS) is 10.9. The quantitative estimate of drug-likeness (QED) is 0.789. The van der Waals surface area contributed by atoms with Crippen molar-refractivity contribution >= 4 is 0 Å². The van der Waals surface area contributed by atoms with Crippen molar-refractivity contribution in [2.45, 2.75) is 26.8 Å². The molecule has 0 saturated heterocycles. The van der Waals surface area contributed by atoms with Crippen LogP contribution >= 0.6 is 0 Å². The van der Waals surface area contributed by atoms with Crippen LogP contribution in [0.5, 0.6) is 5.75 Å². The van der Waals surface area contributed by atoms with Gasteiger partial charge in [-0.1, -0.05) is 24.6 Å². The Kier molecular flexibility index (Phi) is 6.01. The largest absolute Gasteiger partial charge is 0.496 e. The van der Waals surface area contributed by atoms with Gasteiger partial charge in [-0.05, 0) is 26.0 Å². The van der Waals surface area contributed by atoms with Crippen molar-refractivity contribution in [3.8, 4) is 5.75 Å². The van der Waals surface area contributed by atoms with Gasteiger partial charge in [-0.25, -0.2) is 0 Å². The number of aliphatic hydroxyl groups is 1. The number of benzene rings is 1. The van der Waals surface area contributed by atoms with Gasteiger partial charge in [0, 0.05) is 18.7 Å². The summed E-state index contributed by atoms with van der Waals surface area (Å²) in [5.74, 6) is 0.926. The molecule has 3 heteroatoms. The molecule has 96 valence electrons. The third-order valence-electron chi connectivity index (χ3n) is 2.79. The zero-order valence-electron chi connectivity index (χ0n) is 11.1. The number of aryl methyl sites for hydroxylation is 1. The Bertz CT molecular complexity index is 333. The molecule has 1 aromatic rings. The summed E-state index contributed by atoms with van der Waals surface area (Å²) in [5, 5.41) is 9.05. The second kappa shape index (κ2) is 7.30. The minimum Gasteiger partial charge on any atom is -0.496 e. The molecule has 0 aliphatic heterocycles. The first-order chi connectivity index (χ1) is 8.21. The number of aliphatic hydroxyl groups excluding tert-OH is 1. The Balaban J connectivity index is 2.79. The van der Waals surface area contributed by atoms with E-state index >= 15 is 0 Å². The van der Waals surface area contributed by atoms with Crippen LogP contribution in [0, 0.1) is 6.92 Å². The molecule has 0 saturated carbocycles. The van der Waals surface area contributed by atoms with E-state index in [-0.39, 0.29) is 6.61 Å². The smallest absolute Gasteiger partial charge is 0.123 e. The predicted molar refractivity (Wildman–Crippen MR) is 70.4 cm³/mol. The molecular weight excluding hydrogens is 214 g/mol. The molecule has 0 fully saturated rings. The molecule has 1 N–H and O–H groups in total. The van der Waals surface area contributed by atoms with Crippen LogP contribution in [0.4, 0.5) is 0 Å². The number of methoxy groups -OCH3 is 1. The summed E-state index contributed by atoms with van der Waals surface area (Å²) in [6.45, 7) is 6.98. The van der Waals surface area contributed by atoms with Crippen molar-refractivity contribution in [3.63, 3.8) is 0 Å². The second-order valence-electron chi connectivity index (χ2n) is 4.32. The van der Waals surface area contributed by atoms with Gasteiger partial charge in [0.05, 0.1) is 13.7 Å². The molecule has 0 spiro atoms. The highest BCUT2D eigenvalue weighted by Gasteiger charge is 2.09. The average Bonchev–Trinajstić information content (AvgIpc) is 2.30. The molecular formula is C14H23NO2. The lowest BCUT2D eigenvalue weighted by Crippen LogP contribution is -2.27. The molecule has 1 rings (SSSR count). The molecule has 1 aromatic carbocycles. The first-order valence-electron chi connectivity index (χ1n) is 6.18. The number of hydrogen-bond acceptors (Lipinski definition) is 3. The van der Waals surface area contributed by atoms with E-state index in [2.05, 4.69) is 30.9 Å². The summed E-state index contributed by atoms with van der Waals surface area (Å²) in [5.41, 5.74) is 2.43. The van der Waals surface area contributed by atoms with Crippen molar-refractivity contribution in [3.05, 3.63) is 29.3 Å². The highest BCUT2D eigenvalue weighted by Crippen LogP contribution is 2.21. The van der Waals surface area contributed by atoms with E-state index in [0.717, 1.165) is 25.3 Å². The van der Waals surface area contributed by atoms with Crippen molar-refractivity contribution < 1.29 is 9.84 Å². The third-order valence-corrected chi connectivity index (χ3v) is 2.79. The maximum absolute atomic E-state index is 9.05. The second-order valence-corrected chi connectivity index (χ2v) is 4.32. The molecule has 0 heterocycles. The van der Waals surface area contributed by atoms with Gasteiger partial charge in [0.15, 0.2) is 0 Å². The first kappa shape index (κ1) is 14.0. The zero-order chi connectivity index (χ0) is 12.7. The molecule has 0 aliphatic carbocycles. The topological polar surface area (TPSA) is 32.7 Å². The fourth-order valence-corrected chi connectivity index (χ4v) is 2.00. The van der Waals surface area contributed by atoms with Gasteiger partial charge in [-0.3, -0.25) is 4.90 Å². The van der Waals surface area contributed by atoms with Gasteiger partial charge < -0.3 is 9.84 Å². The van der Waals surface area contributed by atoms with E-state index in [1.54, 1.807) is 7.11 Å². The summed E-state index contributed by atoms with van der Waals surface area (Å²) in [4.78, 5) is 2.25. The Morgan fingerprint density at radius 1 is 1.29 bits per heavy atom. The Labute approximate surface area is 104 Å². The van der Waals surface area contributed by atoms with E-state index in [1.165, 1.54) is 11.1 Å². The van der Waals surface area contributed by atoms with Gasteiger partial charge in [-0.2, -0.15) is 0 Å². The van der Waals surface area contributed by atoms with E-state index in [0.29, 0.717) is 6.54 Å². The summed E-state index contributed by atoms with van der Waals surface area (Å²) in [6.07, 6.45) is 1.09. The Morgan fingerprint density at radius 2 is 2.06 bits per heavy atom. The van der Waals surface area contributed by atoms with E-state index in [4.69, 9.17) is 9.84 Å². The first-order valence-corrected chi connectivity index (χ1v) is 6.18. The maximum Gasteiger partial charge on any atom is 0.123 e. The fourth-order valence-electron chi connectivity index (χ4n) is 2.00. The molecule has 3 nitrogen and oxygen atoms in total. The van der Waals surface area contributed by atoms with Crippen LogP contribution in [-0.4, -0.2) is 36.8 Å². The molecule has 17 heavy (non-hydrogen) atoms. The van der Waals surface area contributed by atoms with Crippen LogP contribution in [0.2, 0.25) is 0 Å². The van der Waals surface area contributed by atoms with Gasteiger partial charge in [0.1, 0.15) is 5.75 Å². The van der Waals surface area contributed by atoms with Crippen LogP contribution in [0.15, 0.2) is 18.2 Å². The zero-order valence-corrected chi connectivity index (χ0v) is 11.1. The summed E-state index contributed by atoms with van der Waals surface area (Å²) in [6, 6.07) is 6.21. The maximum atomic E-state index is 9.05. The highest BCUT2D eigenvalue weighted by atomic mass is 16.5. The standard InChI is InChI=1S/C14H23NO2/c1-4-7-15(8-9-16)11-13-10-12(2)5-6-14(13)17-3/h5-6,10,16H,4,7-9,11H2,1-3H3. The number of ether oxygens (including phenoxy) is 1. The van der Waals surface area contributed by atoms with E-state index in [9.17, 15) is 0 Å². The minimum absolute atomic E-state index is 0.203. The molecule has 0 atom stereocenters. The lowest BCUT2D eigenvalue weighted by atomic mass is 10.1. The van der Waals surface area contributed by atoms with E-state index in [1.807, 2.05) is 6.07 Å². The highest BCUT2D eigenvalue weighted by molar-refractivity contribution is 5.36. The van der Waals surface area contributed by atoms with Crippen molar-refractivity contribution in [1.29, 1.82) is 0 Å². The SMILES string of the molecule is CCCN(CCO)Cc1cc(C)ccc1OC. The molecule has 0 aromatic heterocycles. The van der Waals surface area contributed by atoms with Gasteiger partial charge >= 0.3 is 0 Å². The monoisotopic (exact) mass is 237 g/mol. The lowest BCUT2D eigenvalue weighted by Gasteiger charge is -2.22. The number of rotatable bonds is 7. The third kappa shape index (κ3) is 4.36. The average molecular weight is 237 g/mol. The predicted octanol–water partition coefficient (Wildman–Crippen LogP) is 2.21. The number of hydrogen-bond donors (Lipinski definition) is 1. The van der Waals surface area contributed by atoms with Crippen molar-refractivity contribution in [2.24, 2.45) is 0 Å². The van der Waals surface area contributed by atoms with Crippen LogP contribution in [-0.2, 0) is 6.54 Å². The summed E-state index contributed by atoms with van der Waals surface area (Å²) >= 11 is 0. The van der Waals surface area contributed by atoms with Crippen LogP contribution < -0.4 is 4.74 Å². The van der Waals surface area contributed by atoms with Crippen molar-refractivity contribution in [2.75, 3.05) is 26.8 Å². The molecule has 0 radical (unpaired) electrons. The fraction of sp³-hybridized carbons (Fsp3) is 0.571. The van der Waals surface area contributed by atoms with E-state index < -0.39 is 0 Å². The lowest BCUT2D eigenvalue weighted by molar-refractivity contribution is 0.189. The molecule has 0 bridgehead atoms. The van der Waals surface area contributed by atoms with Gasteiger partial charge in [0.2, 0.25) is 0 Å². The van der Waals surface area contributed by atoms with Crippen LogP contribution in [0.1, 0.15) is 24.5 Å². The number of nitrogens with zero attached hydrogens (tertiary/aromatic N) is 1.